The third kappa shape index (κ3) is 5.57. The van der Waals surface area contributed by atoms with Crippen LogP contribution in [0.5, 0.6) is 0 Å². The van der Waals surface area contributed by atoms with Crippen molar-refractivity contribution in [2.75, 3.05) is 41.1 Å². The van der Waals surface area contributed by atoms with E-state index in [1.54, 1.807) is 0 Å². The Kier molecular flexibility index (Phi) is 8.46. The van der Waals surface area contributed by atoms with Crippen LogP contribution in [0.2, 0.25) is 0 Å². The van der Waals surface area contributed by atoms with Crippen molar-refractivity contribution < 1.29 is 0 Å². The molecule has 3 N–H and O–H groups in total. The van der Waals surface area contributed by atoms with Crippen molar-refractivity contribution in [3.8, 4) is 0 Å². The average Bonchev–Trinajstić information content (AvgIpc) is 2.84. The lowest BCUT2D eigenvalue weighted by Gasteiger charge is -2.52. The minimum Gasteiger partial charge on any atom is -0.317 e. The predicted molar refractivity (Wildman–Crippen MR) is 125 cm³/mol. The molecule has 3 aliphatic carbocycles. The fourth-order valence-corrected chi connectivity index (χ4v) is 6.72. The molecule has 0 radical (unpaired) electrons. The van der Waals surface area contributed by atoms with Gasteiger partial charge in [-0.3, -0.25) is 14.7 Å². The van der Waals surface area contributed by atoms with E-state index < -0.39 is 0 Å². The van der Waals surface area contributed by atoms with Gasteiger partial charge in [-0.2, -0.15) is 0 Å². The standard InChI is InChI=1S/C24H48N6/c1-25-19-4-10-22(11-5-19)28-16-29(23-12-6-20(26-2)7-13-23)18-30(17-28)24-14-8-21(27-3)9-15-24/h19-27H,4-18H2,1-3H3. The molecule has 0 bridgehead atoms. The zero-order valence-electron chi connectivity index (χ0n) is 19.9. The highest BCUT2D eigenvalue weighted by atomic mass is 15.5. The van der Waals surface area contributed by atoms with Crippen LogP contribution in [0.15, 0.2) is 0 Å². The maximum absolute atomic E-state index is 3.52. The summed E-state index contributed by atoms with van der Waals surface area (Å²) >= 11 is 0. The zero-order valence-corrected chi connectivity index (χ0v) is 19.9. The third-order valence-electron chi connectivity index (χ3n) is 8.95. The summed E-state index contributed by atoms with van der Waals surface area (Å²) in [7, 11) is 6.41. The van der Waals surface area contributed by atoms with Crippen LogP contribution in [0.3, 0.4) is 0 Å². The van der Waals surface area contributed by atoms with Crippen LogP contribution in [-0.4, -0.2) is 92.1 Å². The summed E-state index contributed by atoms with van der Waals surface area (Å²) in [5.41, 5.74) is 0. The summed E-state index contributed by atoms with van der Waals surface area (Å²) < 4.78 is 0. The maximum atomic E-state index is 3.52. The lowest BCUT2D eigenvalue weighted by atomic mass is 9.88. The quantitative estimate of drug-likeness (QED) is 0.613. The van der Waals surface area contributed by atoms with Crippen LogP contribution < -0.4 is 16.0 Å². The third-order valence-corrected chi connectivity index (χ3v) is 8.95. The van der Waals surface area contributed by atoms with Gasteiger partial charge in [-0.05, 0) is 98.2 Å². The molecule has 6 heteroatoms. The van der Waals surface area contributed by atoms with Gasteiger partial charge < -0.3 is 16.0 Å². The monoisotopic (exact) mass is 420 g/mol. The van der Waals surface area contributed by atoms with Crippen molar-refractivity contribution in [3.05, 3.63) is 0 Å². The molecule has 6 nitrogen and oxygen atoms in total. The molecule has 1 aliphatic heterocycles. The second-order valence-corrected chi connectivity index (χ2v) is 10.6. The van der Waals surface area contributed by atoms with Crippen molar-refractivity contribution in [2.24, 2.45) is 0 Å². The zero-order chi connectivity index (χ0) is 20.9. The summed E-state index contributed by atoms with van der Waals surface area (Å²) in [6, 6.07) is 4.57. The van der Waals surface area contributed by atoms with E-state index in [0.29, 0.717) is 0 Å². The number of hydrogen-bond acceptors (Lipinski definition) is 6. The molecule has 0 atom stereocenters. The van der Waals surface area contributed by atoms with Crippen molar-refractivity contribution in [3.63, 3.8) is 0 Å². The van der Waals surface area contributed by atoms with Gasteiger partial charge in [-0.15, -0.1) is 0 Å². The van der Waals surface area contributed by atoms with Crippen molar-refractivity contribution in [1.29, 1.82) is 0 Å². The highest BCUT2D eigenvalue weighted by molar-refractivity contribution is 4.90. The van der Waals surface area contributed by atoms with E-state index in [0.717, 1.165) is 36.3 Å². The summed E-state index contributed by atoms with van der Waals surface area (Å²) in [5.74, 6) is 0. The summed E-state index contributed by atoms with van der Waals surface area (Å²) in [6.07, 6.45) is 16.3. The molecule has 4 aliphatic rings. The maximum Gasteiger partial charge on any atom is 0.0535 e. The number of nitrogens with one attached hydrogen (secondary N) is 3. The molecule has 174 valence electrons. The van der Waals surface area contributed by atoms with E-state index in [-0.39, 0.29) is 0 Å². The molecule has 0 aromatic rings. The first-order valence-corrected chi connectivity index (χ1v) is 12.9. The van der Waals surface area contributed by atoms with Crippen molar-refractivity contribution in [1.82, 2.24) is 30.7 Å². The Morgan fingerprint density at radius 1 is 0.400 bits per heavy atom. The number of rotatable bonds is 6. The second kappa shape index (κ2) is 11.1. The fourth-order valence-electron chi connectivity index (χ4n) is 6.72. The molecule has 4 rings (SSSR count). The van der Waals surface area contributed by atoms with E-state index >= 15 is 0 Å². The van der Waals surface area contributed by atoms with E-state index in [2.05, 4.69) is 51.8 Å². The van der Waals surface area contributed by atoms with Gasteiger partial charge in [0.1, 0.15) is 0 Å². The SMILES string of the molecule is CNC1CCC(N2CN(C3CCC(NC)CC3)CN(C3CCC(NC)CC3)C2)CC1. The van der Waals surface area contributed by atoms with Crippen molar-refractivity contribution in [2.45, 2.75) is 113 Å². The summed E-state index contributed by atoms with van der Waals surface area (Å²) in [5, 5.41) is 10.5. The van der Waals surface area contributed by atoms with E-state index in [1.165, 1.54) is 97.1 Å². The molecule has 4 fully saturated rings. The molecular weight excluding hydrogens is 372 g/mol. The lowest BCUT2D eigenvalue weighted by Crippen LogP contribution is -2.63. The van der Waals surface area contributed by atoms with Gasteiger partial charge in [0, 0.05) is 36.3 Å². The van der Waals surface area contributed by atoms with Crippen LogP contribution in [0.4, 0.5) is 0 Å². The topological polar surface area (TPSA) is 45.8 Å². The molecule has 0 unspecified atom stereocenters. The minimum absolute atomic E-state index is 0.742. The molecular formula is C24H48N6. The molecule has 30 heavy (non-hydrogen) atoms. The summed E-state index contributed by atoms with van der Waals surface area (Å²) in [6.45, 7) is 3.60. The second-order valence-electron chi connectivity index (χ2n) is 10.6. The van der Waals surface area contributed by atoms with Crippen LogP contribution >= 0.6 is 0 Å². The number of hydrogen-bond donors (Lipinski definition) is 3. The summed E-state index contributed by atoms with van der Waals surface area (Å²) in [4.78, 5) is 8.59. The smallest absolute Gasteiger partial charge is 0.0535 e. The lowest BCUT2D eigenvalue weighted by molar-refractivity contribution is -0.101. The van der Waals surface area contributed by atoms with Crippen LogP contribution in [0.1, 0.15) is 77.0 Å². The van der Waals surface area contributed by atoms with Gasteiger partial charge in [0.2, 0.25) is 0 Å². The molecule has 0 aromatic heterocycles. The Balaban J connectivity index is 1.40. The first-order chi connectivity index (χ1) is 14.7. The van der Waals surface area contributed by atoms with Crippen molar-refractivity contribution >= 4 is 0 Å². The molecule has 0 amide bonds. The molecule has 3 saturated carbocycles. The Morgan fingerprint density at radius 2 is 0.633 bits per heavy atom. The largest absolute Gasteiger partial charge is 0.317 e. The molecule has 0 spiro atoms. The highest BCUT2D eigenvalue weighted by Crippen LogP contribution is 2.32. The Morgan fingerprint density at radius 3 is 0.833 bits per heavy atom. The number of nitrogens with zero attached hydrogens (tertiary/aromatic N) is 3. The van der Waals surface area contributed by atoms with Crippen LogP contribution in [0.25, 0.3) is 0 Å². The van der Waals surface area contributed by atoms with Gasteiger partial charge in [0.15, 0.2) is 0 Å². The van der Waals surface area contributed by atoms with Gasteiger partial charge in [0.25, 0.3) is 0 Å². The van der Waals surface area contributed by atoms with Gasteiger partial charge in [-0.1, -0.05) is 0 Å². The first-order valence-electron chi connectivity index (χ1n) is 12.9. The Bertz CT molecular complexity index is 415. The van der Waals surface area contributed by atoms with Gasteiger partial charge in [0.05, 0.1) is 20.0 Å². The Labute approximate surface area is 185 Å². The van der Waals surface area contributed by atoms with E-state index in [1.807, 2.05) is 0 Å². The highest BCUT2D eigenvalue weighted by Gasteiger charge is 2.37. The van der Waals surface area contributed by atoms with E-state index in [9.17, 15) is 0 Å². The molecule has 1 saturated heterocycles. The van der Waals surface area contributed by atoms with Gasteiger partial charge in [-0.25, -0.2) is 0 Å². The average molecular weight is 421 g/mol. The minimum atomic E-state index is 0.742. The van der Waals surface area contributed by atoms with Crippen LogP contribution in [0, 0.1) is 0 Å². The normalized spacial score (nSPS) is 40.5. The fraction of sp³-hybridized carbons (Fsp3) is 1.00. The first kappa shape index (κ1) is 22.9. The van der Waals surface area contributed by atoms with E-state index in [4.69, 9.17) is 0 Å². The molecule has 1 heterocycles. The van der Waals surface area contributed by atoms with Gasteiger partial charge >= 0.3 is 0 Å². The molecule has 0 aromatic carbocycles. The van der Waals surface area contributed by atoms with Crippen LogP contribution in [-0.2, 0) is 0 Å². The Hall–Kier alpha value is -0.240. The predicted octanol–water partition coefficient (Wildman–Crippen LogP) is 2.37.